The Labute approximate surface area is 50.2 Å². The lowest BCUT2D eigenvalue weighted by molar-refractivity contribution is 0.194. The van der Waals surface area contributed by atoms with E-state index >= 15 is 0 Å². The highest BCUT2D eigenvalue weighted by molar-refractivity contribution is 4.43. The van der Waals surface area contributed by atoms with E-state index in [1.165, 1.54) is 0 Å². The molecule has 8 heavy (non-hydrogen) atoms. The van der Waals surface area contributed by atoms with Gasteiger partial charge in [0.05, 0.1) is 13.3 Å². The summed E-state index contributed by atoms with van der Waals surface area (Å²) in [5.41, 5.74) is 4.85. The molecule has 1 aliphatic rings. The van der Waals surface area contributed by atoms with Gasteiger partial charge in [0.15, 0.2) is 0 Å². The molecule has 0 aromatic rings. The molecule has 0 radical (unpaired) electrons. The number of hydrogen-bond donors (Lipinski definition) is 2. The van der Waals surface area contributed by atoms with Gasteiger partial charge in [0.25, 0.3) is 0 Å². The van der Waals surface area contributed by atoms with E-state index < -0.39 is 0 Å². The van der Waals surface area contributed by atoms with Crippen LogP contribution in [0.3, 0.4) is 0 Å². The van der Waals surface area contributed by atoms with Crippen LogP contribution >= 0.6 is 0 Å². The molecule has 1 rings (SSSR count). The molecule has 0 aromatic carbocycles. The number of ether oxygens (including phenoxy) is 1. The van der Waals surface area contributed by atoms with Crippen LogP contribution in [0, 0.1) is 0 Å². The van der Waals surface area contributed by atoms with E-state index in [-0.39, 0.29) is 0 Å². The molecule has 0 unspecified atom stereocenters. The van der Waals surface area contributed by atoms with Crippen molar-refractivity contribution < 1.29 is 4.74 Å². The van der Waals surface area contributed by atoms with E-state index in [0.29, 0.717) is 0 Å². The van der Waals surface area contributed by atoms with Crippen LogP contribution < -0.4 is 11.1 Å². The first-order chi connectivity index (χ1) is 3.91. The average molecular weight is 118 g/mol. The average Bonchev–Trinajstić information content (AvgIpc) is 2.17. The van der Waals surface area contributed by atoms with Crippen molar-refractivity contribution in [3.05, 3.63) is 0 Å². The summed E-state index contributed by atoms with van der Waals surface area (Å²) in [6, 6.07) is 0. The Morgan fingerprint density at radius 1 is 1.75 bits per heavy atom. The van der Waals surface area contributed by atoms with Gasteiger partial charge in [-0.05, 0) is 6.54 Å². The Bertz CT molecular complexity index is 29.8. The van der Waals surface area contributed by atoms with E-state index in [0.717, 1.165) is 26.4 Å². The fraction of sp³-hybridized carbons (Fsp3) is 1.00. The van der Waals surface area contributed by atoms with E-state index in [1.54, 1.807) is 0 Å². The van der Waals surface area contributed by atoms with Gasteiger partial charge in [-0.25, -0.2) is 0 Å². The largest absolute Gasteiger partial charge is 0.365 e. The van der Waals surface area contributed by atoms with Gasteiger partial charge in [0, 0.05) is 6.54 Å². The summed E-state index contributed by atoms with van der Waals surface area (Å²) in [6.07, 6.45) is 0. The molecule has 0 aliphatic carbocycles. The second kappa shape index (κ2) is 6.88. The normalized spacial score (nSPS) is 17.2. The third-order valence-corrected chi connectivity index (χ3v) is 0.627. The van der Waals surface area contributed by atoms with E-state index in [2.05, 4.69) is 5.32 Å². The first-order valence-electron chi connectivity index (χ1n) is 2.90. The maximum Gasteiger partial charge on any atom is 0.0966 e. The summed E-state index contributed by atoms with van der Waals surface area (Å²) < 4.78 is 4.83. The predicted octanol–water partition coefficient (Wildman–Crippen LogP) is -0.471. The van der Waals surface area contributed by atoms with Crippen LogP contribution in [0.15, 0.2) is 0 Å². The summed E-state index contributed by atoms with van der Waals surface area (Å²) in [5, 5.41) is 3.00. The highest BCUT2D eigenvalue weighted by Gasteiger charge is 1.92. The topological polar surface area (TPSA) is 47.3 Å². The highest BCUT2D eigenvalue weighted by Crippen LogP contribution is 1.75. The molecule has 0 atom stereocenters. The smallest absolute Gasteiger partial charge is 0.0966 e. The van der Waals surface area contributed by atoms with Gasteiger partial charge >= 0.3 is 0 Å². The first kappa shape index (κ1) is 7.88. The molecule has 3 nitrogen and oxygen atoms in total. The molecule has 0 spiro atoms. The molecule has 1 aliphatic heterocycles. The SMILES string of the molecule is C1COCN1.CCN. The Hall–Kier alpha value is -0.120. The van der Waals surface area contributed by atoms with E-state index in [1.807, 2.05) is 6.92 Å². The summed E-state index contributed by atoms with van der Waals surface area (Å²) >= 11 is 0. The molecule has 0 saturated carbocycles. The third-order valence-electron chi connectivity index (χ3n) is 0.627. The van der Waals surface area contributed by atoms with Crippen LogP contribution in [-0.4, -0.2) is 26.4 Å². The Balaban J connectivity index is 0.000000145. The Kier molecular flexibility index (Phi) is 6.78. The quantitative estimate of drug-likeness (QED) is 0.452. The van der Waals surface area contributed by atoms with Crippen molar-refractivity contribution in [1.82, 2.24) is 5.32 Å². The van der Waals surface area contributed by atoms with Gasteiger partial charge in [0.2, 0.25) is 0 Å². The molecule has 50 valence electrons. The molecule has 3 heteroatoms. The van der Waals surface area contributed by atoms with Gasteiger partial charge in [0.1, 0.15) is 0 Å². The van der Waals surface area contributed by atoms with Crippen LogP contribution in [0.25, 0.3) is 0 Å². The summed E-state index contributed by atoms with van der Waals surface area (Å²) in [4.78, 5) is 0. The second-order valence-electron chi connectivity index (χ2n) is 1.46. The van der Waals surface area contributed by atoms with Crippen molar-refractivity contribution in [1.29, 1.82) is 0 Å². The lowest BCUT2D eigenvalue weighted by Crippen LogP contribution is -2.05. The minimum absolute atomic E-state index is 0.750. The van der Waals surface area contributed by atoms with Crippen molar-refractivity contribution in [2.75, 3.05) is 26.4 Å². The fourth-order valence-corrected chi connectivity index (χ4v) is 0.361. The molecule has 1 fully saturated rings. The molecule has 0 aromatic heterocycles. The van der Waals surface area contributed by atoms with Gasteiger partial charge < -0.3 is 10.5 Å². The Morgan fingerprint density at radius 3 is 2.50 bits per heavy atom. The molecule has 0 amide bonds. The van der Waals surface area contributed by atoms with Crippen LogP contribution in [0.2, 0.25) is 0 Å². The van der Waals surface area contributed by atoms with Crippen LogP contribution in [-0.2, 0) is 4.74 Å². The summed E-state index contributed by atoms with van der Waals surface area (Å²) in [7, 11) is 0. The zero-order valence-electron chi connectivity index (χ0n) is 5.31. The summed E-state index contributed by atoms with van der Waals surface area (Å²) in [6.45, 7) is 5.32. The highest BCUT2D eigenvalue weighted by atomic mass is 16.5. The molecule has 3 N–H and O–H groups in total. The molecular weight excluding hydrogens is 104 g/mol. The van der Waals surface area contributed by atoms with Crippen molar-refractivity contribution in [2.24, 2.45) is 5.73 Å². The standard InChI is InChI=1S/C3H7NO.C2H7N/c1-2-5-3-4-1;1-2-3/h4H,1-3H2;2-3H2,1H3. The fourth-order valence-electron chi connectivity index (χ4n) is 0.361. The predicted molar refractivity (Wildman–Crippen MR) is 33.6 cm³/mol. The maximum absolute atomic E-state index is 4.85. The minimum Gasteiger partial charge on any atom is -0.365 e. The molecule has 1 saturated heterocycles. The lowest BCUT2D eigenvalue weighted by Gasteiger charge is -1.76. The monoisotopic (exact) mass is 118 g/mol. The number of nitrogens with one attached hydrogen (secondary N) is 1. The zero-order chi connectivity index (χ0) is 6.24. The minimum atomic E-state index is 0.750. The van der Waals surface area contributed by atoms with Crippen LogP contribution in [0.1, 0.15) is 6.92 Å². The van der Waals surface area contributed by atoms with Crippen molar-refractivity contribution in [2.45, 2.75) is 6.92 Å². The number of hydrogen-bond acceptors (Lipinski definition) is 3. The second-order valence-corrected chi connectivity index (χ2v) is 1.46. The van der Waals surface area contributed by atoms with Crippen molar-refractivity contribution in [3.63, 3.8) is 0 Å². The van der Waals surface area contributed by atoms with Crippen molar-refractivity contribution >= 4 is 0 Å². The van der Waals surface area contributed by atoms with Gasteiger partial charge in [-0.2, -0.15) is 0 Å². The van der Waals surface area contributed by atoms with Gasteiger partial charge in [-0.3, -0.25) is 5.32 Å². The van der Waals surface area contributed by atoms with Crippen LogP contribution in [0.5, 0.6) is 0 Å². The molecule has 1 heterocycles. The molecular formula is C5H14N2O. The number of nitrogens with two attached hydrogens (primary N) is 1. The lowest BCUT2D eigenvalue weighted by atomic mass is 10.7. The van der Waals surface area contributed by atoms with E-state index in [4.69, 9.17) is 10.5 Å². The first-order valence-corrected chi connectivity index (χ1v) is 2.90. The number of rotatable bonds is 0. The maximum atomic E-state index is 4.85. The summed E-state index contributed by atoms with van der Waals surface area (Å²) in [5.74, 6) is 0. The van der Waals surface area contributed by atoms with Crippen molar-refractivity contribution in [3.8, 4) is 0 Å². The zero-order valence-corrected chi connectivity index (χ0v) is 5.31. The van der Waals surface area contributed by atoms with Gasteiger partial charge in [-0.1, -0.05) is 6.92 Å². The Morgan fingerprint density at radius 2 is 2.38 bits per heavy atom. The molecule has 0 bridgehead atoms. The van der Waals surface area contributed by atoms with E-state index in [9.17, 15) is 0 Å². The third kappa shape index (κ3) is 5.88. The van der Waals surface area contributed by atoms with Gasteiger partial charge in [-0.15, -0.1) is 0 Å². The van der Waals surface area contributed by atoms with Crippen LogP contribution in [0.4, 0.5) is 0 Å².